The number of ether oxygens (including phenoxy) is 1. The molecular formula is C46H76O2. The molecule has 0 amide bonds. The predicted octanol–water partition coefficient (Wildman–Crippen LogP) is 13.8. The van der Waals surface area contributed by atoms with E-state index in [9.17, 15) is 4.79 Å². The van der Waals surface area contributed by atoms with Gasteiger partial charge in [-0.3, -0.25) is 4.79 Å². The van der Waals surface area contributed by atoms with E-state index in [1.165, 1.54) is 77.0 Å². The zero-order chi connectivity index (χ0) is 34.6. The van der Waals surface area contributed by atoms with E-state index in [-0.39, 0.29) is 12.1 Å². The third kappa shape index (κ3) is 10.2. The van der Waals surface area contributed by atoms with E-state index < -0.39 is 0 Å². The Morgan fingerprint density at radius 2 is 1.54 bits per heavy atom. The van der Waals surface area contributed by atoms with Crippen molar-refractivity contribution in [2.75, 3.05) is 0 Å². The lowest BCUT2D eigenvalue weighted by Gasteiger charge is -2.58. The minimum Gasteiger partial charge on any atom is -0.462 e. The van der Waals surface area contributed by atoms with Gasteiger partial charge in [0.05, 0.1) is 0 Å². The van der Waals surface area contributed by atoms with Crippen LogP contribution in [0.25, 0.3) is 0 Å². The summed E-state index contributed by atoms with van der Waals surface area (Å²) in [7, 11) is 0. The Hall–Kier alpha value is -1.57. The molecule has 0 aromatic carbocycles. The van der Waals surface area contributed by atoms with Crippen LogP contribution < -0.4 is 0 Å². The summed E-state index contributed by atoms with van der Waals surface area (Å²) in [5, 5.41) is 0. The van der Waals surface area contributed by atoms with Gasteiger partial charge < -0.3 is 4.74 Å². The Kier molecular flexibility index (Phi) is 15.6. The monoisotopic (exact) mass is 661 g/mol. The van der Waals surface area contributed by atoms with Gasteiger partial charge in [0.15, 0.2) is 0 Å². The van der Waals surface area contributed by atoms with E-state index in [4.69, 9.17) is 4.74 Å². The summed E-state index contributed by atoms with van der Waals surface area (Å²) >= 11 is 0. The molecule has 0 N–H and O–H groups in total. The summed E-state index contributed by atoms with van der Waals surface area (Å²) < 4.78 is 6.12. The van der Waals surface area contributed by atoms with Gasteiger partial charge in [-0.05, 0) is 136 Å². The molecule has 2 nitrogen and oxygen atoms in total. The van der Waals surface area contributed by atoms with Gasteiger partial charge in [0.2, 0.25) is 0 Å². The van der Waals surface area contributed by atoms with Crippen LogP contribution in [0.4, 0.5) is 0 Å². The van der Waals surface area contributed by atoms with Gasteiger partial charge in [-0.25, -0.2) is 0 Å². The molecule has 4 aliphatic rings. The van der Waals surface area contributed by atoms with Crippen molar-refractivity contribution >= 4 is 5.97 Å². The summed E-state index contributed by atoms with van der Waals surface area (Å²) in [5.41, 5.74) is 2.49. The summed E-state index contributed by atoms with van der Waals surface area (Å²) in [5.74, 6) is 6.04. The van der Waals surface area contributed by atoms with E-state index in [2.05, 4.69) is 91.0 Å². The maximum absolute atomic E-state index is 12.8. The predicted molar refractivity (Wildman–Crippen MR) is 207 cm³/mol. The molecule has 3 saturated carbocycles. The highest BCUT2D eigenvalue weighted by molar-refractivity contribution is 5.69. The second-order valence-corrected chi connectivity index (χ2v) is 17.7. The quantitative estimate of drug-likeness (QED) is 0.0783. The van der Waals surface area contributed by atoms with E-state index >= 15 is 0 Å². The van der Waals surface area contributed by atoms with E-state index in [1.807, 2.05) is 0 Å². The first-order valence-corrected chi connectivity index (χ1v) is 20.9. The fourth-order valence-corrected chi connectivity index (χ4v) is 10.9. The van der Waals surface area contributed by atoms with Gasteiger partial charge >= 0.3 is 5.97 Å². The van der Waals surface area contributed by atoms with Crippen LogP contribution in [0.2, 0.25) is 0 Å². The van der Waals surface area contributed by atoms with Crippen LogP contribution in [-0.4, -0.2) is 12.1 Å². The van der Waals surface area contributed by atoms with Gasteiger partial charge in [-0.1, -0.05) is 129 Å². The number of allylic oxidation sites excluding steroid dienone is 7. The molecule has 0 bridgehead atoms. The highest BCUT2D eigenvalue weighted by Crippen LogP contribution is 2.67. The average molecular weight is 661 g/mol. The van der Waals surface area contributed by atoms with Crippen molar-refractivity contribution in [2.45, 2.75) is 183 Å². The van der Waals surface area contributed by atoms with Crippen molar-refractivity contribution in [1.82, 2.24) is 0 Å². The van der Waals surface area contributed by atoms with Crippen molar-refractivity contribution in [3.8, 4) is 0 Å². The number of hydrogen-bond acceptors (Lipinski definition) is 2. The Balaban J connectivity index is 1.14. The first-order chi connectivity index (χ1) is 23.1. The van der Waals surface area contributed by atoms with Crippen LogP contribution in [0.3, 0.4) is 0 Å². The normalized spacial score (nSPS) is 33.2. The third-order valence-electron chi connectivity index (χ3n) is 14.4. The lowest BCUT2D eigenvalue weighted by atomic mass is 9.47. The molecule has 4 aliphatic carbocycles. The molecule has 1 unspecified atom stereocenters. The van der Waals surface area contributed by atoms with Crippen molar-refractivity contribution in [3.05, 3.63) is 48.1 Å². The highest BCUT2D eigenvalue weighted by Gasteiger charge is 2.59. The number of esters is 1. The maximum Gasteiger partial charge on any atom is 0.306 e. The molecule has 4 rings (SSSR count). The molecule has 9 atom stereocenters. The summed E-state index contributed by atoms with van der Waals surface area (Å²) in [6.07, 6.45) is 40.2. The number of rotatable bonds is 19. The molecule has 0 aromatic rings. The Morgan fingerprint density at radius 1 is 0.833 bits per heavy atom. The topological polar surface area (TPSA) is 26.3 Å². The fraction of sp³-hybridized carbons (Fsp3) is 0.804. The van der Waals surface area contributed by atoms with Gasteiger partial charge in [0.1, 0.15) is 6.10 Å². The van der Waals surface area contributed by atoms with Crippen LogP contribution in [0.1, 0.15) is 177 Å². The molecule has 0 spiro atoms. The SMILES string of the molecule is CCC=CCC=CCC=CCCCCCCCC(=O)OC1CC[C@@]2(C)C(=CC[C@H]3[C@@H]4CC[C@H]([C@H](C)CC[C@H](C)C(C)C)[C@@]4(C)CC[C@@H]32)C1. The number of hydrogen-bond donors (Lipinski definition) is 0. The lowest BCUT2D eigenvalue weighted by molar-refractivity contribution is -0.151. The molecule has 3 fully saturated rings. The summed E-state index contributed by atoms with van der Waals surface area (Å²) in [4.78, 5) is 12.8. The lowest BCUT2D eigenvalue weighted by Crippen LogP contribution is -2.51. The van der Waals surface area contributed by atoms with Gasteiger partial charge in [-0.2, -0.15) is 0 Å². The van der Waals surface area contributed by atoms with Crippen LogP contribution in [0, 0.1) is 52.3 Å². The van der Waals surface area contributed by atoms with Crippen molar-refractivity contribution in [2.24, 2.45) is 52.3 Å². The van der Waals surface area contributed by atoms with Gasteiger partial charge in [-0.15, -0.1) is 0 Å². The zero-order valence-corrected chi connectivity index (χ0v) is 32.6. The Labute approximate surface area is 298 Å². The largest absolute Gasteiger partial charge is 0.462 e. The molecule has 272 valence electrons. The first kappa shape index (κ1) is 39.2. The summed E-state index contributed by atoms with van der Waals surface area (Å²) in [6, 6.07) is 0. The highest BCUT2D eigenvalue weighted by atomic mass is 16.5. The third-order valence-corrected chi connectivity index (χ3v) is 14.4. The molecule has 2 heteroatoms. The Bertz CT molecular complexity index is 1090. The minimum atomic E-state index is 0.0430. The fourth-order valence-electron chi connectivity index (χ4n) is 10.9. The molecule has 48 heavy (non-hydrogen) atoms. The molecule has 0 aromatic heterocycles. The van der Waals surface area contributed by atoms with Gasteiger partial charge in [0.25, 0.3) is 0 Å². The molecular weight excluding hydrogens is 585 g/mol. The standard InChI is InChI=1S/C46H76O2/c1-8-9-10-11-12-13-14-15-16-17-18-19-20-21-22-23-44(47)48-39-30-32-45(6)38(34-39)26-27-40-42-29-28-41(46(42,7)33-31-43(40)45)37(5)25-24-36(4)35(2)3/h9-10,12-13,15-16,26,35-37,39-43H,8,11,14,17-25,27-34H2,1-7H3/t36-,37+,39?,40-,41+,42-,43-,45-,46+/m0/s1. The molecule has 0 radical (unpaired) electrons. The van der Waals surface area contributed by atoms with Crippen LogP contribution in [0.15, 0.2) is 48.1 Å². The number of unbranched alkanes of at least 4 members (excludes halogenated alkanes) is 5. The first-order valence-electron chi connectivity index (χ1n) is 20.9. The molecule has 0 heterocycles. The van der Waals surface area contributed by atoms with Crippen LogP contribution in [-0.2, 0) is 9.53 Å². The average Bonchev–Trinajstić information content (AvgIpc) is 3.42. The van der Waals surface area contributed by atoms with Crippen molar-refractivity contribution in [1.29, 1.82) is 0 Å². The second-order valence-electron chi connectivity index (χ2n) is 17.7. The maximum atomic E-state index is 12.8. The van der Waals surface area contributed by atoms with Crippen LogP contribution in [0.5, 0.6) is 0 Å². The summed E-state index contributed by atoms with van der Waals surface area (Å²) in [6.45, 7) is 17.3. The van der Waals surface area contributed by atoms with E-state index in [0.29, 0.717) is 17.3 Å². The van der Waals surface area contributed by atoms with Crippen molar-refractivity contribution in [3.63, 3.8) is 0 Å². The number of carbonyl (C=O) groups excluding carboxylic acids is 1. The van der Waals surface area contributed by atoms with Crippen molar-refractivity contribution < 1.29 is 9.53 Å². The van der Waals surface area contributed by atoms with Gasteiger partial charge in [0, 0.05) is 12.8 Å². The van der Waals surface area contributed by atoms with Crippen LogP contribution >= 0.6 is 0 Å². The van der Waals surface area contributed by atoms with E-state index in [1.54, 1.807) is 5.57 Å². The second kappa shape index (κ2) is 19.2. The Morgan fingerprint density at radius 3 is 2.29 bits per heavy atom. The molecule has 0 saturated heterocycles. The molecule has 0 aliphatic heterocycles. The minimum absolute atomic E-state index is 0.0430. The zero-order valence-electron chi connectivity index (χ0n) is 32.6. The smallest absolute Gasteiger partial charge is 0.306 e. The number of fused-ring (bicyclic) bond motifs is 5. The van der Waals surface area contributed by atoms with E-state index in [0.717, 1.165) is 86.4 Å². The number of carbonyl (C=O) groups is 1.